The van der Waals surface area contributed by atoms with Crippen LogP contribution in [0.2, 0.25) is 0 Å². The van der Waals surface area contributed by atoms with Crippen molar-refractivity contribution in [2.45, 2.75) is 19.8 Å². The van der Waals surface area contributed by atoms with Gasteiger partial charge in [0, 0.05) is 19.2 Å². The van der Waals surface area contributed by atoms with Crippen molar-refractivity contribution in [3.63, 3.8) is 0 Å². The Labute approximate surface area is 107 Å². The second-order valence-corrected chi connectivity index (χ2v) is 4.38. The maximum atomic E-state index is 12.1. The van der Waals surface area contributed by atoms with Crippen molar-refractivity contribution in [1.82, 2.24) is 0 Å². The number of anilines is 1. The van der Waals surface area contributed by atoms with Crippen LogP contribution in [-0.2, 0) is 11.2 Å². The molecule has 0 radical (unpaired) electrons. The maximum absolute atomic E-state index is 12.1. The molecule has 1 heterocycles. The molecule has 18 heavy (non-hydrogen) atoms. The fourth-order valence-corrected chi connectivity index (χ4v) is 2.06. The van der Waals surface area contributed by atoms with Crippen molar-refractivity contribution in [2.24, 2.45) is 5.92 Å². The Balaban J connectivity index is 2.21. The molecule has 0 saturated carbocycles. The van der Waals surface area contributed by atoms with Crippen molar-refractivity contribution in [2.75, 3.05) is 18.6 Å². The van der Waals surface area contributed by atoms with Gasteiger partial charge in [-0.1, -0.05) is 6.92 Å². The molecule has 0 aromatic heterocycles. The summed E-state index contributed by atoms with van der Waals surface area (Å²) in [5, 5.41) is 8.93. The minimum Gasteiger partial charge on any atom is -0.493 e. The monoisotopic (exact) mass is 244 g/mol. The summed E-state index contributed by atoms with van der Waals surface area (Å²) >= 11 is 0. The van der Waals surface area contributed by atoms with E-state index >= 15 is 0 Å². The first-order valence-electron chi connectivity index (χ1n) is 6.10. The molecule has 1 aliphatic heterocycles. The second kappa shape index (κ2) is 5.09. The fourth-order valence-electron chi connectivity index (χ4n) is 2.06. The normalized spacial score (nSPS) is 14.3. The molecule has 1 aliphatic rings. The average molecular weight is 244 g/mol. The van der Waals surface area contributed by atoms with Gasteiger partial charge < -0.3 is 9.64 Å². The molecule has 1 aromatic rings. The highest BCUT2D eigenvalue weighted by molar-refractivity contribution is 5.96. The Hall–Kier alpha value is -2.02. The molecule has 4 heteroatoms. The van der Waals surface area contributed by atoms with Crippen molar-refractivity contribution in [3.8, 4) is 11.8 Å². The first-order valence-corrected chi connectivity index (χ1v) is 6.10. The Kier molecular flexibility index (Phi) is 3.52. The quantitative estimate of drug-likeness (QED) is 0.818. The number of ether oxygens (including phenoxy) is 1. The first-order chi connectivity index (χ1) is 8.67. The number of nitrogens with zero attached hydrogens (tertiary/aromatic N) is 2. The van der Waals surface area contributed by atoms with Crippen LogP contribution >= 0.6 is 0 Å². The van der Waals surface area contributed by atoms with Crippen molar-refractivity contribution in [3.05, 3.63) is 23.8 Å². The largest absolute Gasteiger partial charge is 0.493 e. The van der Waals surface area contributed by atoms with Crippen LogP contribution in [0.5, 0.6) is 5.75 Å². The zero-order valence-corrected chi connectivity index (χ0v) is 10.6. The molecule has 1 atom stereocenters. The van der Waals surface area contributed by atoms with Gasteiger partial charge in [0.15, 0.2) is 0 Å². The predicted octanol–water partition coefficient (Wildman–Crippen LogP) is 2.13. The number of benzene rings is 1. The van der Waals surface area contributed by atoms with Crippen LogP contribution in [0, 0.1) is 17.2 Å². The lowest BCUT2D eigenvalue weighted by molar-refractivity contribution is -0.120. The van der Waals surface area contributed by atoms with E-state index in [9.17, 15) is 4.79 Å². The van der Waals surface area contributed by atoms with Gasteiger partial charge in [-0.15, -0.1) is 0 Å². The summed E-state index contributed by atoms with van der Waals surface area (Å²) in [5.74, 6) is 0.172. The van der Waals surface area contributed by atoms with Crippen LogP contribution in [-0.4, -0.2) is 19.6 Å². The molecule has 2 rings (SSSR count). The van der Waals surface area contributed by atoms with Gasteiger partial charge in [-0.3, -0.25) is 4.79 Å². The van der Waals surface area contributed by atoms with Gasteiger partial charge in [0.2, 0.25) is 5.91 Å². The van der Waals surface area contributed by atoms with Gasteiger partial charge >= 0.3 is 0 Å². The third kappa shape index (κ3) is 2.17. The van der Waals surface area contributed by atoms with Crippen molar-refractivity contribution >= 4 is 11.6 Å². The molecule has 0 saturated heterocycles. The second-order valence-electron chi connectivity index (χ2n) is 4.38. The maximum Gasteiger partial charge on any atom is 0.244 e. The summed E-state index contributed by atoms with van der Waals surface area (Å²) < 4.78 is 5.43. The van der Waals surface area contributed by atoms with E-state index in [1.807, 2.05) is 31.2 Å². The van der Waals surface area contributed by atoms with E-state index in [2.05, 4.69) is 0 Å². The summed E-state index contributed by atoms with van der Waals surface area (Å²) in [4.78, 5) is 13.6. The van der Waals surface area contributed by atoms with Gasteiger partial charge in [0.05, 0.1) is 12.7 Å². The lowest BCUT2D eigenvalue weighted by Gasteiger charge is -2.20. The number of carbonyl (C=O) groups excluding carboxylic acids is 1. The number of carbonyl (C=O) groups is 1. The van der Waals surface area contributed by atoms with Gasteiger partial charge in [-0.25, -0.2) is 0 Å². The summed E-state index contributed by atoms with van der Waals surface area (Å²) in [7, 11) is 1.71. The van der Waals surface area contributed by atoms with Gasteiger partial charge in [0.1, 0.15) is 11.7 Å². The Morgan fingerprint density at radius 1 is 1.61 bits per heavy atom. The summed E-state index contributed by atoms with van der Waals surface area (Å²) in [6.07, 6.45) is 1.41. The van der Waals surface area contributed by atoms with E-state index in [0.717, 1.165) is 23.4 Å². The van der Waals surface area contributed by atoms with E-state index in [1.165, 1.54) is 0 Å². The topological polar surface area (TPSA) is 53.3 Å². The minimum atomic E-state index is -0.570. The lowest BCUT2D eigenvalue weighted by atomic mass is 10.1. The molecule has 0 fully saturated rings. The van der Waals surface area contributed by atoms with Crippen LogP contribution in [0.4, 0.5) is 5.69 Å². The molecule has 94 valence electrons. The highest BCUT2D eigenvalue weighted by atomic mass is 16.5. The van der Waals surface area contributed by atoms with Gasteiger partial charge in [-0.05, 0) is 30.2 Å². The molecule has 1 amide bonds. The minimum absolute atomic E-state index is 0.154. The standard InChI is InChI=1S/C14H16N2O2/c1-3-10(9-15)14(17)16(2)12-4-5-13-11(8-12)6-7-18-13/h4-5,8,10H,3,6-7H2,1-2H3. The van der Waals surface area contributed by atoms with E-state index in [-0.39, 0.29) is 5.91 Å². The molecule has 0 aliphatic carbocycles. The number of hydrogen-bond acceptors (Lipinski definition) is 3. The Morgan fingerprint density at radius 2 is 2.39 bits per heavy atom. The SMILES string of the molecule is CCC(C#N)C(=O)N(C)c1ccc2c(c1)CCO2. The number of amides is 1. The molecule has 0 spiro atoms. The van der Waals surface area contributed by atoms with E-state index < -0.39 is 5.92 Å². The first kappa shape index (κ1) is 12.4. The molecular weight excluding hydrogens is 228 g/mol. The van der Waals surface area contributed by atoms with Crippen LogP contribution in [0.25, 0.3) is 0 Å². The Bertz CT molecular complexity index is 505. The molecule has 0 N–H and O–H groups in total. The van der Waals surface area contributed by atoms with Gasteiger partial charge in [0.25, 0.3) is 0 Å². The van der Waals surface area contributed by atoms with Crippen LogP contribution in [0.1, 0.15) is 18.9 Å². The fraction of sp³-hybridized carbons (Fsp3) is 0.429. The molecule has 1 unspecified atom stereocenters. The number of hydrogen-bond donors (Lipinski definition) is 0. The summed E-state index contributed by atoms with van der Waals surface area (Å²) in [6.45, 7) is 2.54. The zero-order valence-electron chi connectivity index (χ0n) is 10.6. The Morgan fingerprint density at radius 3 is 3.06 bits per heavy atom. The van der Waals surface area contributed by atoms with Gasteiger partial charge in [-0.2, -0.15) is 5.26 Å². The molecular formula is C14H16N2O2. The van der Waals surface area contributed by atoms with E-state index in [1.54, 1.807) is 11.9 Å². The number of rotatable bonds is 3. The van der Waals surface area contributed by atoms with Crippen LogP contribution < -0.4 is 9.64 Å². The van der Waals surface area contributed by atoms with Crippen molar-refractivity contribution in [1.29, 1.82) is 5.26 Å². The van der Waals surface area contributed by atoms with Crippen LogP contribution in [0.15, 0.2) is 18.2 Å². The smallest absolute Gasteiger partial charge is 0.244 e. The molecule has 0 bridgehead atoms. The number of nitriles is 1. The molecule has 1 aromatic carbocycles. The van der Waals surface area contributed by atoms with E-state index in [0.29, 0.717) is 13.0 Å². The number of fused-ring (bicyclic) bond motifs is 1. The van der Waals surface area contributed by atoms with Crippen LogP contribution in [0.3, 0.4) is 0 Å². The summed E-state index contributed by atoms with van der Waals surface area (Å²) in [6, 6.07) is 7.74. The third-order valence-corrected chi connectivity index (χ3v) is 3.25. The van der Waals surface area contributed by atoms with Crippen molar-refractivity contribution < 1.29 is 9.53 Å². The van der Waals surface area contributed by atoms with E-state index in [4.69, 9.17) is 10.00 Å². The highest BCUT2D eigenvalue weighted by Gasteiger charge is 2.22. The predicted molar refractivity (Wildman–Crippen MR) is 68.4 cm³/mol. The highest BCUT2D eigenvalue weighted by Crippen LogP contribution is 2.29. The average Bonchev–Trinajstić information content (AvgIpc) is 2.86. The molecule has 4 nitrogen and oxygen atoms in total. The lowest BCUT2D eigenvalue weighted by Crippen LogP contribution is -2.32. The zero-order chi connectivity index (χ0) is 13.1. The third-order valence-electron chi connectivity index (χ3n) is 3.25. The summed E-state index contributed by atoms with van der Waals surface area (Å²) in [5.41, 5.74) is 1.94.